The fraction of sp³-hybridized carbons (Fsp3) is 0.286. The van der Waals surface area contributed by atoms with E-state index in [0.29, 0.717) is 0 Å². The highest BCUT2D eigenvalue weighted by molar-refractivity contribution is 6.00. The summed E-state index contributed by atoms with van der Waals surface area (Å²) in [5.74, 6) is 0.0551. The molecule has 0 N–H and O–H groups in total. The van der Waals surface area contributed by atoms with Crippen molar-refractivity contribution in [2.75, 3.05) is 13.1 Å². The predicted molar refractivity (Wildman–Crippen MR) is 102 cm³/mol. The average Bonchev–Trinajstić information content (AvgIpc) is 3.14. The van der Waals surface area contributed by atoms with Gasteiger partial charge in [-0.1, -0.05) is 67.6 Å². The van der Waals surface area contributed by atoms with E-state index >= 15 is 0 Å². The lowest BCUT2D eigenvalue weighted by Crippen LogP contribution is -2.19. The zero-order chi connectivity index (χ0) is 16.1. The maximum absolute atomic E-state index is 12.8. The average molecular weight is 342 g/mol. The van der Waals surface area contributed by atoms with Crippen molar-refractivity contribution in [1.29, 1.82) is 0 Å². The first kappa shape index (κ1) is 18.3. The van der Waals surface area contributed by atoms with Crippen LogP contribution in [0.3, 0.4) is 0 Å². The van der Waals surface area contributed by atoms with Crippen molar-refractivity contribution in [1.82, 2.24) is 4.90 Å². The van der Waals surface area contributed by atoms with Crippen molar-refractivity contribution >= 4 is 23.9 Å². The second-order valence-corrected chi connectivity index (χ2v) is 6.12. The van der Waals surface area contributed by atoms with E-state index in [0.717, 1.165) is 29.9 Å². The lowest BCUT2D eigenvalue weighted by atomic mass is 9.95. The van der Waals surface area contributed by atoms with Crippen LogP contribution in [0.2, 0.25) is 0 Å². The lowest BCUT2D eigenvalue weighted by molar-refractivity contribution is -0.115. The van der Waals surface area contributed by atoms with Crippen LogP contribution < -0.4 is 0 Å². The van der Waals surface area contributed by atoms with E-state index in [9.17, 15) is 4.79 Å². The molecular formula is C21H24ClNO. The summed E-state index contributed by atoms with van der Waals surface area (Å²) in [6.07, 6.45) is 4.25. The Morgan fingerprint density at radius 3 is 2.08 bits per heavy atom. The van der Waals surface area contributed by atoms with Gasteiger partial charge in [0, 0.05) is 30.8 Å². The minimum Gasteiger partial charge on any atom is -0.371 e. The Kier molecular flexibility index (Phi) is 6.62. The van der Waals surface area contributed by atoms with Gasteiger partial charge in [0.15, 0.2) is 5.78 Å². The molecule has 1 saturated heterocycles. The summed E-state index contributed by atoms with van der Waals surface area (Å²) < 4.78 is 0. The van der Waals surface area contributed by atoms with E-state index in [2.05, 4.69) is 17.0 Å². The summed E-state index contributed by atoms with van der Waals surface area (Å²) >= 11 is 0. The minimum atomic E-state index is -0.113. The van der Waals surface area contributed by atoms with Crippen molar-refractivity contribution in [3.63, 3.8) is 0 Å². The molecule has 0 saturated carbocycles. The third kappa shape index (κ3) is 4.27. The highest BCUT2D eigenvalue weighted by Gasteiger charge is 2.20. The third-order valence-electron chi connectivity index (χ3n) is 4.52. The number of nitrogens with zero attached hydrogens (tertiary/aromatic N) is 1. The molecule has 1 aliphatic heterocycles. The highest BCUT2D eigenvalue weighted by Crippen LogP contribution is 2.26. The zero-order valence-electron chi connectivity index (χ0n) is 14.0. The van der Waals surface area contributed by atoms with E-state index < -0.39 is 0 Å². The Morgan fingerprint density at radius 2 is 1.50 bits per heavy atom. The van der Waals surface area contributed by atoms with Crippen LogP contribution in [0.5, 0.6) is 0 Å². The molecule has 0 aromatic heterocycles. The fourth-order valence-corrected chi connectivity index (χ4v) is 3.09. The molecule has 0 aliphatic carbocycles. The molecule has 3 rings (SSSR count). The van der Waals surface area contributed by atoms with E-state index in [4.69, 9.17) is 0 Å². The van der Waals surface area contributed by atoms with Gasteiger partial charge in [-0.2, -0.15) is 0 Å². The summed E-state index contributed by atoms with van der Waals surface area (Å²) in [4.78, 5) is 15.1. The number of rotatable bonds is 5. The van der Waals surface area contributed by atoms with Crippen molar-refractivity contribution in [3.05, 3.63) is 77.9 Å². The summed E-state index contributed by atoms with van der Waals surface area (Å²) in [5.41, 5.74) is 3.27. The van der Waals surface area contributed by atoms with Crippen LogP contribution in [0.4, 0.5) is 0 Å². The SMILES string of the molecule is CC(C(=O)C=C(c1ccccc1)N1CCCC1)c1ccccc1.Cl. The van der Waals surface area contributed by atoms with E-state index in [1.807, 2.05) is 61.5 Å². The Labute approximate surface area is 150 Å². The molecule has 0 bridgehead atoms. The fourth-order valence-electron chi connectivity index (χ4n) is 3.09. The Morgan fingerprint density at radius 1 is 0.958 bits per heavy atom. The van der Waals surface area contributed by atoms with Gasteiger partial charge in [-0.25, -0.2) is 0 Å². The molecule has 0 amide bonds. The van der Waals surface area contributed by atoms with Crippen LogP contribution in [-0.2, 0) is 4.79 Å². The molecule has 0 radical (unpaired) electrons. The first-order chi connectivity index (χ1) is 11.3. The number of allylic oxidation sites excluding steroid dienone is 1. The van der Waals surface area contributed by atoms with E-state index in [1.165, 1.54) is 12.8 Å². The van der Waals surface area contributed by atoms with Crippen LogP contribution in [0.1, 0.15) is 36.8 Å². The first-order valence-corrected chi connectivity index (χ1v) is 8.36. The van der Waals surface area contributed by atoms with Gasteiger partial charge >= 0.3 is 0 Å². The Bertz CT molecular complexity index is 675. The van der Waals surface area contributed by atoms with Crippen LogP contribution in [0.25, 0.3) is 5.70 Å². The van der Waals surface area contributed by atoms with E-state index in [-0.39, 0.29) is 24.1 Å². The number of hydrogen-bond donors (Lipinski definition) is 0. The number of carbonyl (C=O) groups is 1. The minimum absolute atomic E-state index is 0. The molecule has 2 aromatic rings. The van der Waals surface area contributed by atoms with Gasteiger partial charge in [0.25, 0.3) is 0 Å². The standard InChI is InChI=1S/C21H23NO.ClH/c1-17(18-10-4-2-5-11-18)21(23)16-20(22-14-8-9-15-22)19-12-6-3-7-13-19;/h2-7,10-13,16-17H,8-9,14-15H2,1H3;1H. The molecule has 2 aromatic carbocycles. The molecule has 1 atom stereocenters. The highest BCUT2D eigenvalue weighted by atomic mass is 35.5. The first-order valence-electron chi connectivity index (χ1n) is 8.36. The number of hydrogen-bond acceptors (Lipinski definition) is 2. The molecular weight excluding hydrogens is 318 g/mol. The number of carbonyl (C=O) groups excluding carboxylic acids is 1. The predicted octanol–water partition coefficient (Wildman–Crippen LogP) is 4.92. The van der Waals surface area contributed by atoms with Crippen molar-refractivity contribution in [3.8, 4) is 0 Å². The molecule has 1 aliphatic rings. The third-order valence-corrected chi connectivity index (χ3v) is 4.52. The van der Waals surface area contributed by atoms with Crippen molar-refractivity contribution < 1.29 is 4.79 Å². The number of ketones is 1. The van der Waals surface area contributed by atoms with Gasteiger partial charge in [-0.3, -0.25) is 4.79 Å². The van der Waals surface area contributed by atoms with Gasteiger partial charge < -0.3 is 4.90 Å². The second kappa shape index (κ2) is 8.70. The number of benzene rings is 2. The molecule has 2 nitrogen and oxygen atoms in total. The summed E-state index contributed by atoms with van der Waals surface area (Å²) in [6.45, 7) is 4.06. The van der Waals surface area contributed by atoms with Crippen LogP contribution in [-0.4, -0.2) is 23.8 Å². The molecule has 1 fully saturated rings. The lowest BCUT2D eigenvalue weighted by Gasteiger charge is -2.22. The van der Waals surface area contributed by atoms with Gasteiger partial charge in [-0.05, 0) is 24.0 Å². The maximum Gasteiger partial charge on any atom is 0.164 e. The second-order valence-electron chi connectivity index (χ2n) is 6.12. The molecule has 3 heteroatoms. The summed E-state index contributed by atoms with van der Waals surface area (Å²) in [6, 6.07) is 20.3. The Hall–Kier alpha value is -2.06. The molecule has 24 heavy (non-hydrogen) atoms. The maximum atomic E-state index is 12.8. The van der Waals surface area contributed by atoms with Gasteiger partial charge in [0.05, 0.1) is 0 Å². The number of halogens is 1. The van der Waals surface area contributed by atoms with Crippen LogP contribution in [0, 0.1) is 0 Å². The molecule has 126 valence electrons. The molecule has 1 heterocycles. The van der Waals surface area contributed by atoms with Crippen LogP contribution >= 0.6 is 12.4 Å². The van der Waals surface area contributed by atoms with Gasteiger partial charge in [-0.15, -0.1) is 12.4 Å². The normalized spacial score (nSPS) is 15.7. The molecule has 1 unspecified atom stereocenters. The zero-order valence-corrected chi connectivity index (χ0v) is 14.8. The van der Waals surface area contributed by atoms with Gasteiger partial charge in [0.1, 0.15) is 0 Å². The smallest absolute Gasteiger partial charge is 0.164 e. The quantitative estimate of drug-likeness (QED) is 0.719. The monoisotopic (exact) mass is 341 g/mol. The Balaban J connectivity index is 0.00000208. The van der Waals surface area contributed by atoms with Crippen molar-refractivity contribution in [2.24, 2.45) is 0 Å². The topological polar surface area (TPSA) is 20.3 Å². The van der Waals surface area contributed by atoms with Gasteiger partial charge in [0.2, 0.25) is 0 Å². The largest absolute Gasteiger partial charge is 0.371 e. The van der Waals surface area contributed by atoms with Crippen molar-refractivity contribution in [2.45, 2.75) is 25.7 Å². The van der Waals surface area contributed by atoms with Crippen LogP contribution in [0.15, 0.2) is 66.7 Å². The number of likely N-dealkylation sites (tertiary alicyclic amines) is 1. The van der Waals surface area contributed by atoms with E-state index in [1.54, 1.807) is 0 Å². The summed E-state index contributed by atoms with van der Waals surface area (Å²) in [7, 11) is 0. The summed E-state index contributed by atoms with van der Waals surface area (Å²) in [5, 5.41) is 0. The molecule has 0 spiro atoms.